The molecule has 0 aliphatic carbocycles. The van der Waals surface area contributed by atoms with Crippen molar-refractivity contribution in [3.05, 3.63) is 18.2 Å². The van der Waals surface area contributed by atoms with Gasteiger partial charge in [0.05, 0.1) is 12.1 Å². The molecule has 0 aliphatic rings. The molecule has 1 aromatic rings. The van der Waals surface area contributed by atoms with Gasteiger partial charge in [-0.2, -0.15) is 0 Å². The molecule has 5 nitrogen and oxygen atoms in total. The van der Waals surface area contributed by atoms with Gasteiger partial charge >= 0.3 is 0 Å². The smallest absolute Gasteiger partial charge is 0.110 e. The van der Waals surface area contributed by atoms with Crippen LogP contribution in [-0.4, -0.2) is 28.8 Å². The largest absolute Gasteiger partial charge is 0.380 e. The third kappa shape index (κ3) is 3.02. The van der Waals surface area contributed by atoms with Crippen molar-refractivity contribution in [1.29, 1.82) is 0 Å². The summed E-state index contributed by atoms with van der Waals surface area (Å²) in [6.45, 7) is 5.01. The number of hydrogen-bond donors (Lipinski definition) is 2. The van der Waals surface area contributed by atoms with E-state index in [0.29, 0.717) is 0 Å². The topological polar surface area (TPSA) is 65.1 Å². The summed E-state index contributed by atoms with van der Waals surface area (Å²) in [7, 11) is 1.68. The molecule has 5 heteroatoms. The Bertz CT molecular complexity index is 287. The first-order chi connectivity index (χ1) is 7.22. The Kier molecular flexibility index (Phi) is 4.74. The summed E-state index contributed by atoms with van der Waals surface area (Å²) in [4.78, 5) is 4.30. The summed E-state index contributed by atoms with van der Waals surface area (Å²) >= 11 is 0. The van der Waals surface area contributed by atoms with Gasteiger partial charge in [-0.15, -0.1) is 0 Å². The van der Waals surface area contributed by atoms with E-state index in [2.05, 4.69) is 21.9 Å². The summed E-state index contributed by atoms with van der Waals surface area (Å²) in [5.74, 6) is 6.52. The highest BCUT2D eigenvalue weighted by atomic mass is 16.5. The lowest BCUT2D eigenvalue weighted by atomic mass is 10.1. The van der Waals surface area contributed by atoms with Crippen LogP contribution < -0.4 is 11.3 Å². The number of nitrogens with two attached hydrogens (primary N) is 1. The van der Waals surface area contributed by atoms with Gasteiger partial charge < -0.3 is 9.30 Å². The number of rotatable bonds is 6. The molecule has 0 saturated heterocycles. The number of imidazole rings is 1. The summed E-state index contributed by atoms with van der Waals surface area (Å²) in [5, 5.41) is 0. The molecule has 0 amide bonds. The fourth-order valence-electron chi connectivity index (χ4n) is 1.54. The minimum absolute atomic E-state index is 0.0667. The van der Waals surface area contributed by atoms with Gasteiger partial charge in [0, 0.05) is 32.5 Å². The van der Waals surface area contributed by atoms with E-state index in [4.69, 9.17) is 10.6 Å². The van der Waals surface area contributed by atoms with Gasteiger partial charge in [0.15, 0.2) is 0 Å². The van der Waals surface area contributed by atoms with Crippen LogP contribution in [0.1, 0.15) is 19.7 Å². The average Bonchev–Trinajstić information content (AvgIpc) is 2.71. The predicted octanol–water partition coefficient (Wildman–Crippen LogP) is 0.312. The second kappa shape index (κ2) is 5.85. The van der Waals surface area contributed by atoms with Gasteiger partial charge in [-0.1, -0.05) is 0 Å². The maximum Gasteiger partial charge on any atom is 0.110 e. The van der Waals surface area contributed by atoms with Gasteiger partial charge in [0.25, 0.3) is 0 Å². The Balaban J connectivity index is 2.66. The first-order valence-electron chi connectivity index (χ1n) is 5.21. The van der Waals surface area contributed by atoms with E-state index in [-0.39, 0.29) is 12.1 Å². The monoisotopic (exact) mass is 212 g/mol. The molecule has 2 atom stereocenters. The Morgan fingerprint density at radius 1 is 1.67 bits per heavy atom. The minimum atomic E-state index is 0.0667. The fourth-order valence-corrected chi connectivity index (χ4v) is 1.54. The normalized spacial score (nSPS) is 15.2. The molecular weight excluding hydrogens is 192 g/mol. The van der Waals surface area contributed by atoms with Gasteiger partial charge in [0.1, 0.15) is 5.82 Å². The maximum absolute atomic E-state index is 5.49. The van der Waals surface area contributed by atoms with Crippen LogP contribution >= 0.6 is 0 Å². The lowest BCUT2D eigenvalue weighted by molar-refractivity contribution is 0.0822. The minimum Gasteiger partial charge on any atom is -0.380 e. The Morgan fingerprint density at radius 2 is 2.40 bits per heavy atom. The van der Waals surface area contributed by atoms with Gasteiger partial charge in [-0.25, -0.2) is 4.98 Å². The highest BCUT2D eigenvalue weighted by Gasteiger charge is 2.17. The number of hydrazine groups is 1. The molecule has 0 bridgehead atoms. The molecule has 0 spiro atoms. The van der Waals surface area contributed by atoms with Crippen LogP contribution in [0.15, 0.2) is 12.4 Å². The van der Waals surface area contributed by atoms with Crippen molar-refractivity contribution >= 4 is 0 Å². The Hall–Kier alpha value is -0.910. The molecule has 1 heterocycles. The summed E-state index contributed by atoms with van der Waals surface area (Å²) in [6, 6.07) is 0.0858. The van der Waals surface area contributed by atoms with E-state index in [1.54, 1.807) is 7.11 Å². The highest BCUT2D eigenvalue weighted by Crippen LogP contribution is 2.06. The van der Waals surface area contributed by atoms with Crippen molar-refractivity contribution in [2.75, 3.05) is 7.11 Å². The second-order valence-electron chi connectivity index (χ2n) is 3.55. The fraction of sp³-hybridized carbons (Fsp3) is 0.700. The molecule has 1 aromatic heterocycles. The summed E-state index contributed by atoms with van der Waals surface area (Å²) in [5.41, 5.74) is 2.76. The Morgan fingerprint density at radius 3 is 2.93 bits per heavy atom. The molecule has 0 aliphatic heterocycles. The van der Waals surface area contributed by atoms with Crippen LogP contribution in [0.5, 0.6) is 0 Å². The zero-order valence-electron chi connectivity index (χ0n) is 9.60. The van der Waals surface area contributed by atoms with Gasteiger partial charge in [0.2, 0.25) is 0 Å². The molecule has 2 unspecified atom stereocenters. The van der Waals surface area contributed by atoms with E-state index in [9.17, 15) is 0 Å². The van der Waals surface area contributed by atoms with Crippen molar-refractivity contribution in [1.82, 2.24) is 15.0 Å². The van der Waals surface area contributed by atoms with Crippen LogP contribution in [0.25, 0.3) is 0 Å². The highest BCUT2D eigenvalue weighted by molar-refractivity contribution is 4.96. The third-order valence-electron chi connectivity index (χ3n) is 2.70. The van der Waals surface area contributed by atoms with Crippen molar-refractivity contribution in [3.8, 4) is 0 Å². The van der Waals surface area contributed by atoms with E-state index in [0.717, 1.165) is 18.8 Å². The number of aromatic nitrogens is 2. The quantitative estimate of drug-likeness (QED) is 0.526. The average molecular weight is 212 g/mol. The lowest BCUT2D eigenvalue weighted by Crippen LogP contribution is -2.45. The number of ether oxygens (including phenoxy) is 1. The molecule has 0 fully saturated rings. The van der Waals surface area contributed by atoms with Crippen molar-refractivity contribution in [3.63, 3.8) is 0 Å². The standard InChI is InChI=1S/C10H20N4O/c1-4-14-6-5-12-10(14)7-9(13-11)8(2)15-3/h5-6,8-9,13H,4,7,11H2,1-3H3. The third-order valence-corrected chi connectivity index (χ3v) is 2.70. The number of methoxy groups -OCH3 is 1. The summed E-state index contributed by atoms with van der Waals surface area (Å²) < 4.78 is 7.35. The van der Waals surface area contributed by atoms with Crippen molar-refractivity contribution in [2.45, 2.75) is 39.0 Å². The zero-order valence-corrected chi connectivity index (χ0v) is 9.60. The molecule has 1 rings (SSSR count). The maximum atomic E-state index is 5.49. The zero-order chi connectivity index (χ0) is 11.3. The first-order valence-corrected chi connectivity index (χ1v) is 5.21. The Labute approximate surface area is 90.6 Å². The second-order valence-corrected chi connectivity index (χ2v) is 3.55. The molecule has 0 radical (unpaired) electrons. The van der Waals surface area contributed by atoms with E-state index in [1.807, 2.05) is 19.3 Å². The van der Waals surface area contributed by atoms with Crippen LogP contribution in [0.2, 0.25) is 0 Å². The molecule has 15 heavy (non-hydrogen) atoms. The summed E-state index contributed by atoms with van der Waals surface area (Å²) in [6.07, 6.45) is 4.62. The number of nitrogens with one attached hydrogen (secondary N) is 1. The number of hydrogen-bond acceptors (Lipinski definition) is 4. The van der Waals surface area contributed by atoms with Crippen LogP contribution in [-0.2, 0) is 17.7 Å². The predicted molar refractivity (Wildman–Crippen MR) is 59.2 cm³/mol. The van der Waals surface area contributed by atoms with Crippen LogP contribution in [0.4, 0.5) is 0 Å². The molecule has 0 saturated carbocycles. The number of nitrogens with zero attached hydrogens (tertiary/aromatic N) is 2. The SMILES string of the molecule is CCn1ccnc1CC(NN)C(C)OC. The lowest BCUT2D eigenvalue weighted by Gasteiger charge is -2.21. The number of aryl methyl sites for hydroxylation is 1. The molecular formula is C10H20N4O. The van der Waals surface area contributed by atoms with Gasteiger partial charge in [-0.3, -0.25) is 11.3 Å². The van der Waals surface area contributed by atoms with Crippen molar-refractivity contribution < 1.29 is 4.74 Å². The van der Waals surface area contributed by atoms with Crippen molar-refractivity contribution in [2.24, 2.45) is 5.84 Å². The first kappa shape index (κ1) is 12.2. The molecule has 86 valence electrons. The van der Waals surface area contributed by atoms with E-state index in [1.165, 1.54) is 0 Å². The van der Waals surface area contributed by atoms with Gasteiger partial charge in [-0.05, 0) is 13.8 Å². The van der Waals surface area contributed by atoms with E-state index >= 15 is 0 Å². The van der Waals surface area contributed by atoms with E-state index < -0.39 is 0 Å². The van der Waals surface area contributed by atoms with Crippen LogP contribution in [0.3, 0.4) is 0 Å². The molecule has 3 N–H and O–H groups in total. The molecule has 0 aromatic carbocycles. The van der Waals surface area contributed by atoms with Crippen LogP contribution in [0, 0.1) is 0 Å².